The van der Waals surface area contributed by atoms with Crippen molar-refractivity contribution in [3.63, 3.8) is 0 Å². The molecule has 3 N–H and O–H groups in total. The van der Waals surface area contributed by atoms with E-state index in [1.807, 2.05) is 0 Å². The predicted molar refractivity (Wildman–Crippen MR) is 81.0 cm³/mol. The van der Waals surface area contributed by atoms with Crippen molar-refractivity contribution in [3.8, 4) is 5.75 Å². The Labute approximate surface area is 137 Å². The van der Waals surface area contributed by atoms with Crippen LogP contribution in [0.4, 0.5) is 18.9 Å². The van der Waals surface area contributed by atoms with Crippen molar-refractivity contribution in [2.75, 3.05) is 18.5 Å². The molecule has 2 rings (SSSR count). The minimum atomic E-state index is -4.39. The minimum Gasteiger partial charge on any atom is -0.484 e. The van der Waals surface area contributed by atoms with Gasteiger partial charge in [0.1, 0.15) is 5.75 Å². The number of nitrogens with one attached hydrogen (secondary N) is 2. The van der Waals surface area contributed by atoms with Crippen LogP contribution in [-0.4, -0.2) is 42.5 Å². The third-order valence-electron chi connectivity index (χ3n) is 3.26. The van der Waals surface area contributed by atoms with E-state index in [4.69, 9.17) is 4.74 Å². The van der Waals surface area contributed by atoms with E-state index in [2.05, 4.69) is 10.6 Å². The molecule has 0 radical (unpaired) electrons. The van der Waals surface area contributed by atoms with Crippen LogP contribution in [0.1, 0.15) is 12.0 Å². The molecular weight excluding hydrogens is 337 g/mol. The zero-order valence-electron chi connectivity index (χ0n) is 12.3. The number of anilines is 1. The van der Waals surface area contributed by atoms with Gasteiger partial charge in [-0.2, -0.15) is 13.2 Å². The van der Waals surface area contributed by atoms with Crippen LogP contribution in [0.15, 0.2) is 18.2 Å². The number of hydrogen-bond donors (Lipinski definition) is 3. The number of ether oxygens (including phenoxy) is 1. The van der Waals surface area contributed by atoms with Gasteiger partial charge < -0.3 is 20.5 Å². The molecule has 2 atom stereocenters. The van der Waals surface area contributed by atoms with Crippen LogP contribution < -0.4 is 15.4 Å². The smallest absolute Gasteiger partial charge is 0.422 e. The second-order valence-corrected chi connectivity index (χ2v) is 5.22. The molecule has 1 aromatic carbocycles. The molecule has 1 amide bonds. The molecular formula is C14H18ClF3N2O3. The van der Waals surface area contributed by atoms with Gasteiger partial charge in [-0.05, 0) is 37.1 Å². The van der Waals surface area contributed by atoms with Crippen LogP contribution in [0.3, 0.4) is 0 Å². The molecule has 0 spiro atoms. The van der Waals surface area contributed by atoms with E-state index >= 15 is 0 Å². The van der Waals surface area contributed by atoms with Gasteiger partial charge in [0.05, 0.1) is 12.1 Å². The molecule has 1 aliphatic rings. The first-order chi connectivity index (χ1) is 10.2. The predicted octanol–water partition coefficient (Wildman–Crippen LogP) is 2.02. The largest absolute Gasteiger partial charge is 0.484 e. The quantitative estimate of drug-likeness (QED) is 0.773. The minimum absolute atomic E-state index is 0. The van der Waals surface area contributed by atoms with Gasteiger partial charge in [-0.15, -0.1) is 12.4 Å². The summed E-state index contributed by atoms with van der Waals surface area (Å²) in [7, 11) is 0. The Morgan fingerprint density at radius 3 is 2.70 bits per heavy atom. The van der Waals surface area contributed by atoms with Gasteiger partial charge in [0.15, 0.2) is 6.61 Å². The summed E-state index contributed by atoms with van der Waals surface area (Å²) in [5, 5.41) is 14.9. The fraction of sp³-hybridized carbons (Fsp3) is 0.500. The molecule has 0 saturated carbocycles. The highest BCUT2D eigenvalue weighted by Crippen LogP contribution is 2.25. The lowest BCUT2D eigenvalue weighted by atomic mass is 10.1. The molecule has 1 aliphatic heterocycles. The maximum Gasteiger partial charge on any atom is 0.422 e. The van der Waals surface area contributed by atoms with E-state index < -0.39 is 24.9 Å². The van der Waals surface area contributed by atoms with Crippen molar-refractivity contribution in [2.24, 2.45) is 0 Å². The van der Waals surface area contributed by atoms with Crippen LogP contribution in [-0.2, 0) is 4.79 Å². The highest BCUT2D eigenvalue weighted by molar-refractivity contribution is 5.95. The zero-order valence-corrected chi connectivity index (χ0v) is 13.1. The van der Waals surface area contributed by atoms with Gasteiger partial charge in [0, 0.05) is 12.2 Å². The van der Waals surface area contributed by atoms with E-state index in [9.17, 15) is 23.1 Å². The SMILES string of the molecule is Cc1cc(NC(=O)C2CC(O)CN2)ccc1OCC(F)(F)F.Cl. The second kappa shape index (κ2) is 7.85. The summed E-state index contributed by atoms with van der Waals surface area (Å²) in [4.78, 5) is 11.9. The number of hydrogen-bond acceptors (Lipinski definition) is 4. The Morgan fingerprint density at radius 2 is 2.17 bits per heavy atom. The Morgan fingerprint density at radius 1 is 1.48 bits per heavy atom. The van der Waals surface area contributed by atoms with Gasteiger partial charge in [-0.25, -0.2) is 0 Å². The highest BCUT2D eigenvalue weighted by atomic mass is 35.5. The summed E-state index contributed by atoms with van der Waals surface area (Å²) >= 11 is 0. The summed E-state index contributed by atoms with van der Waals surface area (Å²) in [5.74, 6) is -0.176. The number of aryl methyl sites for hydroxylation is 1. The molecule has 130 valence electrons. The highest BCUT2D eigenvalue weighted by Gasteiger charge is 2.29. The number of aliphatic hydroxyl groups is 1. The average molecular weight is 355 g/mol. The fourth-order valence-corrected chi connectivity index (χ4v) is 2.19. The van der Waals surface area contributed by atoms with E-state index in [1.54, 1.807) is 6.92 Å². The molecule has 2 unspecified atom stereocenters. The second-order valence-electron chi connectivity index (χ2n) is 5.22. The molecule has 1 saturated heterocycles. The molecule has 5 nitrogen and oxygen atoms in total. The van der Waals surface area contributed by atoms with Crippen LogP contribution in [0.25, 0.3) is 0 Å². The number of amides is 1. The zero-order chi connectivity index (χ0) is 16.3. The topological polar surface area (TPSA) is 70.6 Å². The number of benzene rings is 1. The number of aliphatic hydroxyl groups excluding tert-OH is 1. The number of carbonyl (C=O) groups is 1. The average Bonchev–Trinajstić information content (AvgIpc) is 2.83. The fourth-order valence-electron chi connectivity index (χ4n) is 2.19. The van der Waals surface area contributed by atoms with Crippen LogP contribution in [0.5, 0.6) is 5.75 Å². The third-order valence-corrected chi connectivity index (χ3v) is 3.26. The summed E-state index contributed by atoms with van der Waals surface area (Å²) in [6.45, 7) is 0.601. The van der Waals surface area contributed by atoms with Crippen molar-refractivity contribution in [3.05, 3.63) is 23.8 Å². The normalized spacial score (nSPS) is 20.7. The standard InChI is InChI=1S/C14H17F3N2O3.ClH/c1-8-4-9(2-3-12(8)22-7-14(15,16)17)19-13(21)11-5-10(20)6-18-11;/h2-4,10-11,18,20H,5-7H2,1H3,(H,19,21);1H. The molecule has 23 heavy (non-hydrogen) atoms. The number of halogens is 4. The molecule has 1 aromatic rings. The molecule has 1 fully saturated rings. The number of carbonyl (C=O) groups excluding carboxylic acids is 1. The van der Waals surface area contributed by atoms with E-state index in [-0.39, 0.29) is 24.1 Å². The Hall–Kier alpha value is -1.51. The summed E-state index contributed by atoms with van der Waals surface area (Å²) in [6.07, 6.45) is -4.61. The molecule has 1 heterocycles. The Bertz CT molecular complexity index is 555. The summed E-state index contributed by atoms with van der Waals surface area (Å²) in [6, 6.07) is 3.92. The lowest BCUT2D eigenvalue weighted by molar-refractivity contribution is -0.153. The lowest BCUT2D eigenvalue weighted by Gasteiger charge is -2.14. The van der Waals surface area contributed by atoms with Gasteiger partial charge >= 0.3 is 6.18 Å². The molecule has 0 aliphatic carbocycles. The van der Waals surface area contributed by atoms with Crippen molar-refractivity contribution in [2.45, 2.75) is 31.7 Å². The first kappa shape index (κ1) is 19.5. The van der Waals surface area contributed by atoms with Gasteiger partial charge in [-0.1, -0.05) is 0 Å². The Kier molecular flexibility index (Phi) is 6.67. The maximum atomic E-state index is 12.1. The van der Waals surface area contributed by atoms with Crippen molar-refractivity contribution in [1.82, 2.24) is 5.32 Å². The third kappa shape index (κ3) is 5.89. The summed E-state index contributed by atoms with van der Waals surface area (Å²) < 4.78 is 41.0. The van der Waals surface area contributed by atoms with Crippen LogP contribution >= 0.6 is 12.4 Å². The van der Waals surface area contributed by atoms with Crippen molar-refractivity contribution >= 4 is 24.0 Å². The van der Waals surface area contributed by atoms with E-state index in [0.29, 0.717) is 24.2 Å². The van der Waals surface area contributed by atoms with Gasteiger partial charge in [0.25, 0.3) is 0 Å². The summed E-state index contributed by atoms with van der Waals surface area (Å²) in [5.41, 5.74) is 0.950. The number of alkyl halides is 3. The lowest BCUT2D eigenvalue weighted by Crippen LogP contribution is -2.35. The van der Waals surface area contributed by atoms with Crippen LogP contribution in [0.2, 0.25) is 0 Å². The molecule has 0 bridgehead atoms. The van der Waals surface area contributed by atoms with E-state index in [1.165, 1.54) is 18.2 Å². The number of β-amino-alcohol motifs (C(OH)–C–C–N with tert-alkyl or cyclic N) is 1. The van der Waals surface area contributed by atoms with E-state index in [0.717, 1.165) is 0 Å². The van der Waals surface area contributed by atoms with Crippen molar-refractivity contribution < 1.29 is 27.8 Å². The van der Waals surface area contributed by atoms with Crippen molar-refractivity contribution in [1.29, 1.82) is 0 Å². The Balaban J connectivity index is 0.00000264. The first-order valence-corrected chi connectivity index (χ1v) is 6.77. The molecule has 9 heteroatoms. The van der Waals surface area contributed by atoms with Gasteiger partial charge in [-0.3, -0.25) is 4.79 Å². The first-order valence-electron chi connectivity index (χ1n) is 6.77. The molecule has 0 aromatic heterocycles. The van der Waals surface area contributed by atoms with Gasteiger partial charge in [0.2, 0.25) is 5.91 Å². The van der Waals surface area contributed by atoms with Crippen LogP contribution in [0, 0.1) is 6.92 Å². The maximum absolute atomic E-state index is 12.1. The monoisotopic (exact) mass is 354 g/mol. The number of rotatable bonds is 4.